The number of nitrogens with two attached hydrogens (primary N) is 1. The van der Waals surface area contributed by atoms with E-state index in [0.717, 1.165) is 54.4 Å². The number of rotatable bonds is 6. The normalized spacial score (nSPS) is 18.8. The number of fused-ring (bicyclic) bond motifs is 1. The fraction of sp³-hybridized carbons (Fsp3) is 0.400. The van der Waals surface area contributed by atoms with Gasteiger partial charge in [-0.25, -0.2) is 9.97 Å². The van der Waals surface area contributed by atoms with Crippen molar-refractivity contribution in [3.05, 3.63) is 41.5 Å². The zero-order valence-electron chi connectivity index (χ0n) is 18.7. The van der Waals surface area contributed by atoms with E-state index in [4.69, 9.17) is 15.7 Å². The number of aromatic hydroxyl groups is 1. The first-order chi connectivity index (χ1) is 15.5. The van der Waals surface area contributed by atoms with E-state index in [1.165, 1.54) is 12.8 Å². The highest BCUT2D eigenvalue weighted by atomic mass is 16.3. The van der Waals surface area contributed by atoms with Crippen LogP contribution in [-0.2, 0) is 0 Å². The molecule has 3 heterocycles. The number of pyridine rings is 2. The number of hydrogen-bond acceptors (Lipinski definition) is 7. The SMILES string of the molecule is CN=Cc1cc(-c2ccc3nc(N4CCC(NCC5CC5)C4)ccc3n2)c(O)c(C)c1N. The van der Waals surface area contributed by atoms with Gasteiger partial charge in [0.05, 0.1) is 16.7 Å². The summed E-state index contributed by atoms with van der Waals surface area (Å²) in [5, 5.41) is 14.4. The Morgan fingerprint density at radius 1 is 1.19 bits per heavy atom. The molecule has 0 amide bonds. The van der Waals surface area contributed by atoms with Crippen LogP contribution >= 0.6 is 0 Å². The van der Waals surface area contributed by atoms with Gasteiger partial charge >= 0.3 is 0 Å². The van der Waals surface area contributed by atoms with Gasteiger partial charge in [-0.1, -0.05) is 0 Å². The third-order valence-corrected chi connectivity index (χ3v) is 6.60. The summed E-state index contributed by atoms with van der Waals surface area (Å²) in [5.41, 5.74) is 11.0. The van der Waals surface area contributed by atoms with Crippen LogP contribution in [0.2, 0.25) is 0 Å². The molecule has 1 atom stereocenters. The van der Waals surface area contributed by atoms with Crippen LogP contribution in [0.25, 0.3) is 22.3 Å². The van der Waals surface area contributed by atoms with Gasteiger partial charge < -0.3 is 21.1 Å². The van der Waals surface area contributed by atoms with Crippen molar-refractivity contribution in [2.75, 3.05) is 37.3 Å². The number of nitrogens with zero attached hydrogens (tertiary/aromatic N) is 4. The minimum Gasteiger partial charge on any atom is -0.507 e. The molecule has 32 heavy (non-hydrogen) atoms. The number of aromatic nitrogens is 2. The van der Waals surface area contributed by atoms with Gasteiger partial charge in [0.2, 0.25) is 0 Å². The van der Waals surface area contributed by atoms with Gasteiger partial charge in [-0.2, -0.15) is 0 Å². The maximum Gasteiger partial charge on any atom is 0.129 e. The molecule has 1 aliphatic carbocycles. The minimum atomic E-state index is 0.147. The molecule has 1 aromatic carbocycles. The molecule has 2 aromatic heterocycles. The second-order valence-corrected chi connectivity index (χ2v) is 8.98. The molecule has 1 saturated carbocycles. The second-order valence-electron chi connectivity index (χ2n) is 8.98. The van der Waals surface area contributed by atoms with Gasteiger partial charge in [-0.05, 0) is 69.0 Å². The van der Waals surface area contributed by atoms with Crippen molar-refractivity contribution < 1.29 is 5.11 Å². The number of nitrogens with one attached hydrogen (secondary N) is 1. The number of anilines is 2. The van der Waals surface area contributed by atoms with Crippen LogP contribution in [0.15, 0.2) is 35.3 Å². The van der Waals surface area contributed by atoms with Crippen molar-refractivity contribution >= 4 is 28.8 Å². The van der Waals surface area contributed by atoms with Gasteiger partial charge in [0.1, 0.15) is 11.6 Å². The van der Waals surface area contributed by atoms with Crippen LogP contribution in [0.1, 0.15) is 30.4 Å². The van der Waals surface area contributed by atoms with E-state index in [1.54, 1.807) is 20.2 Å². The van der Waals surface area contributed by atoms with E-state index in [-0.39, 0.29) is 5.75 Å². The Hall–Kier alpha value is -3.19. The Kier molecular flexibility index (Phi) is 5.43. The summed E-state index contributed by atoms with van der Waals surface area (Å²) in [6.07, 6.45) is 5.61. The van der Waals surface area contributed by atoms with Crippen molar-refractivity contribution in [1.82, 2.24) is 15.3 Å². The molecule has 5 rings (SSSR count). The highest BCUT2D eigenvalue weighted by Gasteiger charge is 2.27. The third-order valence-electron chi connectivity index (χ3n) is 6.60. The minimum absolute atomic E-state index is 0.147. The zero-order chi connectivity index (χ0) is 22.2. The predicted octanol–water partition coefficient (Wildman–Crippen LogP) is 3.52. The van der Waals surface area contributed by atoms with Crippen molar-refractivity contribution in [3.8, 4) is 17.0 Å². The van der Waals surface area contributed by atoms with Crippen molar-refractivity contribution in [3.63, 3.8) is 0 Å². The topological polar surface area (TPSA) is 99.7 Å². The molecule has 0 radical (unpaired) electrons. The number of phenolic OH excluding ortho intramolecular Hbond substituents is 1. The molecule has 7 heteroatoms. The summed E-state index contributed by atoms with van der Waals surface area (Å²) in [4.78, 5) is 16.1. The van der Waals surface area contributed by atoms with E-state index in [0.29, 0.717) is 28.6 Å². The molecule has 1 saturated heterocycles. The number of hydrogen-bond donors (Lipinski definition) is 3. The first-order valence-electron chi connectivity index (χ1n) is 11.3. The molecular weight excluding hydrogens is 400 g/mol. The highest BCUT2D eigenvalue weighted by molar-refractivity contribution is 5.93. The molecule has 3 aromatic rings. The lowest BCUT2D eigenvalue weighted by Crippen LogP contribution is -2.34. The summed E-state index contributed by atoms with van der Waals surface area (Å²) in [6, 6.07) is 10.3. The van der Waals surface area contributed by atoms with E-state index in [1.807, 2.05) is 30.3 Å². The van der Waals surface area contributed by atoms with E-state index >= 15 is 0 Å². The first-order valence-corrected chi connectivity index (χ1v) is 11.3. The Bertz CT molecular complexity index is 1190. The van der Waals surface area contributed by atoms with Crippen molar-refractivity contribution in [1.29, 1.82) is 0 Å². The summed E-state index contributed by atoms with van der Waals surface area (Å²) in [6.45, 7) is 4.97. The number of aliphatic imine (C=N–C) groups is 1. The molecule has 166 valence electrons. The lowest BCUT2D eigenvalue weighted by Gasteiger charge is -2.18. The molecular formula is C25H30N6O. The van der Waals surface area contributed by atoms with E-state index < -0.39 is 0 Å². The summed E-state index contributed by atoms with van der Waals surface area (Å²) >= 11 is 0. The number of phenols is 1. The van der Waals surface area contributed by atoms with Crippen LogP contribution in [0, 0.1) is 12.8 Å². The molecule has 1 unspecified atom stereocenters. The van der Waals surface area contributed by atoms with Gasteiger partial charge in [-0.15, -0.1) is 0 Å². The predicted molar refractivity (Wildman–Crippen MR) is 131 cm³/mol. The standard InChI is InChI=1S/C25H30N6O/c1-15-24(26)17(13-27-2)11-19(25(15)32)20-5-6-22-21(29-20)7-8-23(30-22)31-10-9-18(14-31)28-12-16-3-4-16/h5-8,11,13,16,18,28,32H,3-4,9-10,12,14,26H2,1-2H3. The van der Waals surface area contributed by atoms with E-state index in [2.05, 4.69) is 15.2 Å². The second kappa shape index (κ2) is 8.39. The maximum atomic E-state index is 10.7. The molecule has 2 aliphatic rings. The van der Waals surface area contributed by atoms with Crippen LogP contribution in [0.4, 0.5) is 11.5 Å². The summed E-state index contributed by atoms with van der Waals surface area (Å²) in [5.74, 6) is 2.04. The van der Waals surface area contributed by atoms with Gasteiger partial charge in [0.15, 0.2) is 0 Å². The molecule has 7 nitrogen and oxygen atoms in total. The molecule has 4 N–H and O–H groups in total. The van der Waals surface area contributed by atoms with Gasteiger partial charge in [0.25, 0.3) is 0 Å². The van der Waals surface area contributed by atoms with Gasteiger partial charge in [0, 0.05) is 54.8 Å². The fourth-order valence-corrected chi connectivity index (χ4v) is 4.40. The number of nitrogen functional groups attached to an aromatic ring is 1. The summed E-state index contributed by atoms with van der Waals surface area (Å²) < 4.78 is 0. The van der Waals surface area contributed by atoms with Crippen molar-refractivity contribution in [2.45, 2.75) is 32.2 Å². The maximum absolute atomic E-state index is 10.7. The molecule has 1 aliphatic heterocycles. The lowest BCUT2D eigenvalue weighted by molar-refractivity contribution is 0.473. The van der Waals surface area contributed by atoms with Crippen molar-refractivity contribution in [2.24, 2.45) is 10.9 Å². The average Bonchev–Trinajstić information content (AvgIpc) is 3.52. The highest BCUT2D eigenvalue weighted by Crippen LogP contribution is 2.36. The van der Waals surface area contributed by atoms with Crippen LogP contribution in [0.3, 0.4) is 0 Å². The lowest BCUT2D eigenvalue weighted by atomic mass is 10.00. The number of benzene rings is 1. The Labute approximate surface area is 188 Å². The summed E-state index contributed by atoms with van der Waals surface area (Å²) in [7, 11) is 1.70. The Balaban J connectivity index is 1.40. The van der Waals surface area contributed by atoms with Crippen LogP contribution < -0.4 is 16.0 Å². The third kappa shape index (κ3) is 4.00. The Morgan fingerprint density at radius 3 is 2.75 bits per heavy atom. The largest absolute Gasteiger partial charge is 0.507 e. The molecule has 2 fully saturated rings. The Morgan fingerprint density at radius 2 is 1.97 bits per heavy atom. The van der Waals surface area contributed by atoms with E-state index in [9.17, 15) is 5.11 Å². The zero-order valence-corrected chi connectivity index (χ0v) is 18.7. The quantitative estimate of drug-likeness (QED) is 0.409. The van der Waals surface area contributed by atoms with Crippen LogP contribution in [-0.4, -0.2) is 54.0 Å². The first kappa shape index (κ1) is 20.7. The average molecular weight is 431 g/mol. The molecule has 0 spiro atoms. The van der Waals surface area contributed by atoms with Gasteiger partial charge in [-0.3, -0.25) is 4.99 Å². The fourth-order valence-electron chi connectivity index (χ4n) is 4.40. The van der Waals surface area contributed by atoms with Crippen LogP contribution in [0.5, 0.6) is 5.75 Å². The monoisotopic (exact) mass is 430 g/mol. The molecule has 0 bridgehead atoms. The smallest absolute Gasteiger partial charge is 0.129 e.